The van der Waals surface area contributed by atoms with E-state index in [1.54, 1.807) is 13.8 Å². The summed E-state index contributed by atoms with van der Waals surface area (Å²) in [5.41, 5.74) is 1.37. The number of carbonyl (C=O) groups excluding carboxylic acids is 3. The van der Waals surface area contributed by atoms with Crippen molar-refractivity contribution < 1.29 is 19.1 Å². The normalized spacial score (nSPS) is 15.8. The van der Waals surface area contributed by atoms with E-state index in [1.165, 1.54) is 5.56 Å². The van der Waals surface area contributed by atoms with Crippen molar-refractivity contribution in [2.45, 2.75) is 46.1 Å². The number of hydrogen-bond acceptors (Lipinski definition) is 4. The summed E-state index contributed by atoms with van der Waals surface area (Å²) in [7, 11) is 0. The smallest absolute Gasteiger partial charge is 0.325 e. The Morgan fingerprint density at radius 3 is 2.62 bits per heavy atom. The molecule has 1 fully saturated rings. The largest absolute Gasteiger partial charge is 0.491 e. The van der Waals surface area contributed by atoms with Crippen LogP contribution in [0.2, 0.25) is 0 Å². The lowest BCUT2D eigenvalue weighted by Crippen LogP contribution is -2.40. The van der Waals surface area contributed by atoms with Crippen LogP contribution in [0.15, 0.2) is 18.2 Å². The maximum atomic E-state index is 12.0. The van der Waals surface area contributed by atoms with Crippen molar-refractivity contribution in [1.82, 2.24) is 15.5 Å². The fourth-order valence-corrected chi connectivity index (χ4v) is 2.82. The molecule has 26 heavy (non-hydrogen) atoms. The minimum absolute atomic E-state index is 0.124. The van der Waals surface area contributed by atoms with Gasteiger partial charge >= 0.3 is 6.03 Å². The third-order valence-corrected chi connectivity index (χ3v) is 4.24. The number of aryl methyl sites for hydroxylation is 2. The fraction of sp³-hybridized carbons (Fsp3) is 0.526. The van der Waals surface area contributed by atoms with Gasteiger partial charge in [0.25, 0.3) is 5.91 Å². The maximum absolute atomic E-state index is 12.0. The van der Waals surface area contributed by atoms with Crippen LogP contribution in [0.3, 0.4) is 0 Å². The average Bonchev–Trinajstić information content (AvgIpc) is 2.74. The molecule has 2 N–H and O–H groups in total. The minimum Gasteiger partial charge on any atom is -0.491 e. The molecular formula is C19H27N3O4. The molecule has 1 aliphatic heterocycles. The summed E-state index contributed by atoms with van der Waals surface area (Å²) >= 11 is 0. The maximum Gasteiger partial charge on any atom is 0.325 e. The van der Waals surface area contributed by atoms with Crippen LogP contribution in [0, 0.1) is 13.8 Å². The molecule has 0 spiro atoms. The van der Waals surface area contributed by atoms with Crippen molar-refractivity contribution in [3.05, 3.63) is 29.3 Å². The van der Waals surface area contributed by atoms with Crippen molar-refractivity contribution in [3.8, 4) is 5.75 Å². The highest BCUT2D eigenvalue weighted by molar-refractivity contribution is 6.06. The number of benzene rings is 1. The zero-order valence-corrected chi connectivity index (χ0v) is 15.8. The molecule has 0 aliphatic carbocycles. The van der Waals surface area contributed by atoms with E-state index in [9.17, 15) is 14.4 Å². The lowest BCUT2D eigenvalue weighted by molar-refractivity contribution is -0.130. The van der Waals surface area contributed by atoms with Gasteiger partial charge in [0, 0.05) is 13.0 Å². The van der Waals surface area contributed by atoms with Crippen molar-refractivity contribution >= 4 is 17.8 Å². The second-order valence-electron chi connectivity index (χ2n) is 7.08. The Morgan fingerprint density at radius 2 is 2.00 bits per heavy atom. The Balaban J connectivity index is 1.64. The summed E-state index contributed by atoms with van der Waals surface area (Å²) in [5.74, 6) is 0.427. The molecule has 0 atom stereocenters. The third kappa shape index (κ3) is 4.97. The Bertz CT molecular complexity index is 700. The summed E-state index contributed by atoms with van der Waals surface area (Å²) < 4.78 is 5.66. The van der Waals surface area contributed by atoms with Crippen molar-refractivity contribution in [2.75, 3.05) is 19.7 Å². The van der Waals surface area contributed by atoms with E-state index in [0.29, 0.717) is 19.6 Å². The van der Waals surface area contributed by atoms with E-state index in [-0.39, 0.29) is 24.8 Å². The summed E-state index contributed by atoms with van der Waals surface area (Å²) in [6.07, 6.45) is 0.681. The highest BCUT2D eigenvalue weighted by atomic mass is 16.5. The zero-order valence-electron chi connectivity index (χ0n) is 15.8. The van der Waals surface area contributed by atoms with Crippen LogP contribution in [-0.4, -0.2) is 48.0 Å². The van der Waals surface area contributed by atoms with Gasteiger partial charge in [0.2, 0.25) is 5.91 Å². The molecule has 1 heterocycles. The first-order valence-electron chi connectivity index (χ1n) is 8.81. The predicted molar refractivity (Wildman–Crippen MR) is 98.0 cm³/mol. The van der Waals surface area contributed by atoms with Crippen LogP contribution in [0.4, 0.5) is 4.79 Å². The van der Waals surface area contributed by atoms with E-state index in [0.717, 1.165) is 16.2 Å². The van der Waals surface area contributed by atoms with Crippen molar-refractivity contribution in [3.63, 3.8) is 0 Å². The zero-order chi connectivity index (χ0) is 19.3. The molecule has 0 radical (unpaired) electrons. The number of nitrogens with one attached hydrogen (secondary N) is 2. The average molecular weight is 361 g/mol. The molecule has 2 rings (SSSR count). The van der Waals surface area contributed by atoms with Crippen LogP contribution in [0.25, 0.3) is 0 Å². The van der Waals surface area contributed by atoms with Gasteiger partial charge in [-0.2, -0.15) is 0 Å². The topological polar surface area (TPSA) is 87.7 Å². The SMILES string of the molecule is Cc1ccc(OCCNC(=O)CCCN2C(=O)NC(C)(C)C2=O)c(C)c1. The van der Waals surface area contributed by atoms with Crippen LogP contribution >= 0.6 is 0 Å². The molecule has 0 unspecified atom stereocenters. The number of ether oxygens (including phenoxy) is 1. The van der Waals surface area contributed by atoms with Gasteiger partial charge in [0.1, 0.15) is 17.9 Å². The summed E-state index contributed by atoms with van der Waals surface area (Å²) in [4.78, 5) is 36.8. The van der Waals surface area contributed by atoms with Gasteiger partial charge in [-0.3, -0.25) is 14.5 Å². The molecule has 0 bridgehead atoms. The molecule has 1 saturated heterocycles. The molecule has 1 aromatic carbocycles. The predicted octanol–water partition coefficient (Wildman–Crippen LogP) is 1.91. The van der Waals surface area contributed by atoms with Crippen LogP contribution < -0.4 is 15.4 Å². The summed E-state index contributed by atoms with van der Waals surface area (Å²) in [5, 5.41) is 5.40. The Labute approximate surface area is 154 Å². The third-order valence-electron chi connectivity index (χ3n) is 4.24. The van der Waals surface area contributed by atoms with Crippen molar-refractivity contribution in [2.24, 2.45) is 0 Å². The van der Waals surface area contributed by atoms with Gasteiger partial charge in [-0.25, -0.2) is 4.79 Å². The molecule has 142 valence electrons. The van der Waals surface area contributed by atoms with Gasteiger partial charge in [-0.1, -0.05) is 17.7 Å². The number of nitrogens with zero attached hydrogens (tertiary/aromatic N) is 1. The van der Waals surface area contributed by atoms with E-state index < -0.39 is 11.6 Å². The molecular weight excluding hydrogens is 334 g/mol. The van der Waals surface area contributed by atoms with E-state index in [4.69, 9.17) is 4.74 Å². The number of amides is 4. The lowest BCUT2D eigenvalue weighted by Gasteiger charge is -2.15. The van der Waals surface area contributed by atoms with Gasteiger partial charge in [0.15, 0.2) is 0 Å². The second kappa shape index (κ2) is 8.21. The van der Waals surface area contributed by atoms with E-state index in [2.05, 4.69) is 10.6 Å². The molecule has 7 heteroatoms. The van der Waals surface area contributed by atoms with Crippen LogP contribution in [-0.2, 0) is 9.59 Å². The number of urea groups is 1. The van der Waals surface area contributed by atoms with Gasteiger partial charge < -0.3 is 15.4 Å². The number of hydrogen-bond donors (Lipinski definition) is 2. The number of carbonyl (C=O) groups is 3. The monoisotopic (exact) mass is 361 g/mol. The Kier molecular flexibility index (Phi) is 6.23. The van der Waals surface area contributed by atoms with E-state index >= 15 is 0 Å². The first kappa shape index (κ1) is 19.8. The minimum atomic E-state index is -0.870. The van der Waals surface area contributed by atoms with E-state index in [1.807, 2.05) is 32.0 Å². The molecule has 0 aromatic heterocycles. The van der Waals surface area contributed by atoms with Gasteiger partial charge in [-0.05, 0) is 45.7 Å². The molecule has 0 saturated carbocycles. The molecule has 1 aromatic rings. The van der Waals surface area contributed by atoms with Crippen LogP contribution in [0.5, 0.6) is 5.75 Å². The molecule has 7 nitrogen and oxygen atoms in total. The highest BCUT2D eigenvalue weighted by Crippen LogP contribution is 2.18. The summed E-state index contributed by atoms with van der Waals surface area (Å²) in [6.45, 7) is 8.36. The summed E-state index contributed by atoms with van der Waals surface area (Å²) in [6, 6.07) is 5.55. The Morgan fingerprint density at radius 1 is 1.27 bits per heavy atom. The second-order valence-corrected chi connectivity index (χ2v) is 7.08. The van der Waals surface area contributed by atoms with Crippen LogP contribution in [0.1, 0.15) is 37.8 Å². The molecule has 1 aliphatic rings. The fourth-order valence-electron chi connectivity index (χ4n) is 2.82. The quantitative estimate of drug-likeness (QED) is 0.547. The van der Waals surface area contributed by atoms with Crippen molar-refractivity contribution in [1.29, 1.82) is 0 Å². The first-order chi connectivity index (χ1) is 12.2. The lowest BCUT2D eigenvalue weighted by atomic mass is 10.1. The van der Waals surface area contributed by atoms with Gasteiger partial charge in [0.05, 0.1) is 6.54 Å². The molecule has 4 amide bonds. The Hall–Kier alpha value is -2.57. The standard InChI is InChI=1S/C19H27N3O4/c1-13-7-8-15(14(2)12-13)26-11-9-20-16(23)6-5-10-22-17(24)19(3,4)21-18(22)25/h7-8,12H,5-6,9-11H2,1-4H3,(H,20,23)(H,21,25). The number of rotatable bonds is 8. The first-order valence-corrected chi connectivity index (χ1v) is 8.81. The highest BCUT2D eigenvalue weighted by Gasteiger charge is 2.43. The number of imide groups is 1. The van der Waals surface area contributed by atoms with Gasteiger partial charge in [-0.15, -0.1) is 0 Å².